The summed E-state index contributed by atoms with van der Waals surface area (Å²) in [5.74, 6) is 1.70. The third kappa shape index (κ3) is 4.58. The Morgan fingerprint density at radius 1 is 0.750 bits per heavy atom. The monoisotopic (exact) mass is 608 g/mol. The Morgan fingerprint density at radius 3 is 1.57 bits per heavy atom. The molecule has 2 aliphatic rings. The van der Waals surface area contributed by atoms with Crippen molar-refractivity contribution in [2.45, 2.75) is 38.8 Å². The minimum atomic E-state index is -0.310. The van der Waals surface area contributed by atoms with Gasteiger partial charge in [0.2, 0.25) is 0 Å². The molecular formula is C22H24N2O2Te2. The Bertz CT molecular complexity index is 824. The van der Waals surface area contributed by atoms with E-state index in [1.807, 2.05) is 0 Å². The fourth-order valence-electron chi connectivity index (χ4n) is 3.07. The Morgan fingerprint density at radius 2 is 1.18 bits per heavy atom. The summed E-state index contributed by atoms with van der Waals surface area (Å²) in [4.78, 5) is 9.56. The van der Waals surface area contributed by atoms with Crippen molar-refractivity contribution in [1.29, 1.82) is 0 Å². The van der Waals surface area contributed by atoms with Crippen LogP contribution in [0.15, 0.2) is 58.5 Å². The van der Waals surface area contributed by atoms with Crippen molar-refractivity contribution in [3.63, 3.8) is 0 Å². The van der Waals surface area contributed by atoms with Crippen molar-refractivity contribution in [3.8, 4) is 0 Å². The Hall–Kier alpha value is -1.04. The van der Waals surface area contributed by atoms with Crippen LogP contribution < -0.4 is 7.22 Å². The maximum absolute atomic E-state index is 5.91. The molecule has 2 aliphatic heterocycles. The number of rotatable bonds is 7. The molecule has 0 radical (unpaired) electrons. The van der Waals surface area contributed by atoms with E-state index < -0.39 is 0 Å². The van der Waals surface area contributed by atoms with E-state index >= 15 is 0 Å². The van der Waals surface area contributed by atoms with Gasteiger partial charge in [-0.25, -0.2) is 0 Å². The summed E-state index contributed by atoms with van der Waals surface area (Å²) in [7, 11) is 0. The summed E-state index contributed by atoms with van der Waals surface area (Å²) in [5, 5.41) is 0. The van der Waals surface area contributed by atoms with E-state index in [0.717, 1.165) is 37.9 Å². The predicted molar refractivity (Wildman–Crippen MR) is 117 cm³/mol. The standard InChI is InChI=1S/C22H24N2O2Te2/c1-3-15-13-25-21(23-15)17-9-5-7-11-19(17)27-28-20-12-8-6-10-18(20)22-24-16(4-2)14-26-22/h5-12,15-16H,3-4,13-14H2,1-2H3. The van der Waals surface area contributed by atoms with Crippen LogP contribution in [0.5, 0.6) is 0 Å². The number of nitrogens with zero attached hydrogens (tertiary/aromatic N) is 2. The molecule has 2 unspecified atom stereocenters. The van der Waals surface area contributed by atoms with Gasteiger partial charge in [0, 0.05) is 0 Å². The summed E-state index contributed by atoms with van der Waals surface area (Å²) in [5.41, 5.74) is 2.42. The average Bonchev–Trinajstić information content (AvgIpc) is 3.42. The SMILES string of the molecule is CCC1COC(c2ccccc2[Te][Te]c2ccccc2C2=NC(CC)CO2)=N1. The normalized spacial score (nSPS) is 21.1. The molecule has 4 nitrogen and oxygen atoms in total. The van der Waals surface area contributed by atoms with Gasteiger partial charge in [0.05, 0.1) is 0 Å². The van der Waals surface area contributed by atoms with E-state index in [-0.39, 0.29) is 34.1 Å². The van der Waals surface area contributed by atoms with E-state index in [1.54, 1.807) is 0 Å². The van der Waals surface area contributed by atoms with E-state index in [9.17, 15) is 0 Å². The molecule has 0 aromatic heterocycles. The first-order valence-corrected chi connectivity index (χ1v) is 19.4. The van der Waals surface area contributed by atoms with Crippen LogP contribution in [0.2, 0.25) is 0 Å². The van der Waals surface area contributed by atoms with Crippen molar-refractivity contribution in [2.24, 2.45) is 9.98 Å². The maximum atomic E-state index is 5.91. The molecular weight excluding hydrogens is 579 g/mol. The molecule has 2 atom stereocenters. The number of hydrogen-bond donors (Lipinski definition) is 0. The van der Waals surface area contributed by atoms with E-state index in [1.165, 1.54) is 18.3 Å². The number of ether oxygens (including phenoxy) is 2. The van der Waals surface area contributed by atoms with Crippen LogP contribution in [0, 0.1) is 0 Å². The summed E-state index contributed by atoms with van der Waals surface area (Å²) in [6.07, 6.45) is 2.07. The van der Waals surface area contributed by atoms with Crippen molar-refractivity contribution in [3.05, 3.63) is 59.7 Å². The van der Waals surface area contributed by atoms with Gasteiger partial charge in [-0.2, -0.15) is 0 Å². The predicted octanol–water partition coefficient (Wildman–Crippen LogP) is 2.07. The molecule has 2 aromatic carbocycles. The summed E-state index contributed by atoms with van der Waals surface area (Å²) in [6, 6.07) is 18.0. The summed E-state index contributed by atoms with van der Waals surface area (Å²) >= 11 is -0.620. The Balaban J connectivity index is 1.54. The van der Waals surface area contributed by atoms with E-state index in [4.69, 9.17) is 19.5 Å². The van der Waals surface area contributed by atoms with E-state index in [0.29, 0.717) is 12.1 Å². The molecule has 0 fully saturated rings. The molecule has 146 valence electrons. The van der Waals surface area contributed by atoms with Crippen molar-refractivity contribution < 1.29 is 9.47 Å². The van der Waals surface area contributed by atoms with Gasteiger partial charge >= 0.3 is 184 Å². The van der Waals surface area contributed by atoms with E-state index in [2.05, 4.69) is 62.4 Å². The summed E-state index contributed by atoms with van der Waals surface area (Å²) in [6.45, 7) is 5.77. The number of aliphatic imine (C=N–C) groups is 2. The molecule has 0 bridgehead atoms. The minimum absolute atomic E-state index is 0.310. The fourth-order valence-corrected chi connectivity index (χ4v) is 14.7. The molecule has 0 aliphatic carbocycles. The average molecular weight is 604 g/mol. The molecule has 2 aromatic rings. The first-order valence-electron chi connectivity index (χ1n) is 9.73. The summed E-state index contributed by atoms with van der Waals surface area (Å²) < 4.78 is 14.7. The van der Waals surface area contributed by atoms with Gasteiger partial charge < -0.3 is 0 Å². The molecule has 4 rings (SSSR count). The molecule has 0 N–H and O–H groups in total. The van der Waals surface area contributed by atoms with Gasteiger partial charge in [-0.3, -0.25) is 0 Å². The topological polar surface area (TPSA) is 43.2 Å². The van der Waals surface area contributed by atoms with Crippen molar-refractivity contribution in [1.82, 2.24) is 0 Å². The first-order chi connectivity index (χ1) is 13.8. The van der Waals surface area contributed by atoms with Gasteiger partial charge in [-0.1, -0.05) is 0 Å². The van der Waals surface area contributed by atoms with Crippen LogP contribution >= 0.6 is 0 Å². The first kappa shape index (κ1) is 20.2. The van der Waals surface area contributed by atoms with Crippen LogP contribution in [0.25, 0.3) is 0 Å². The third-order valence-electron chi connectivity index (χ3n) is 4.82. The molecule has 28 heavy (non-hydrogen) atoms. The van der Waals surface area contributed by atoms with Gasteiger partial charge in [0.25, 0.3) is 0 Å². The second kappa shape index (κ2) is 9.64. The zero-order valence-electron chi connectivity index (χ0n) is 16.1. The van der Waals surface area contributed by atoms with Crippen LogP contribution in [-0.2, 0) is 9.47 Å². The van der Waals surface area contributed by atoms with Gasteiger partial charge in [-0.05, 0) is 0 Å². The molecule has 0 saturated heterocycles. The van der Waals surface area contributed by atoms with Crippen LogP contribution in [0.3, 0.4) is 0 Å². The number of benzene rings is 2. The molecule has 0 saturated carbocycles. The Labute approximate surface area is 183 Å². The zero-order valence-corrected chi connectivity index (χ0v) is 20.8. The second-order valence-electron chi connectivity index (χ2n) is 6.77. The van der Waals surface area contributed by atoms with Crippen molar-refractivity contribution in [2.75, 3.05) is 13.2 Å². The zero-order chi connectivity index (χ0) is 19.3. The van der Waals surface area contributed by atoms with Gasteiger partial charge in [0.15, 0.2) is 0 Å². The second-order valence-corrected chi connectivity index (χ2v) is 16.6. The molecule has 0 spiro atoms. The number of hydrogen-bond acceptors (Lipinski definition) is 4. The molecule has 0 amide bonds. The third-order valence-corrected chi connectivity index (χ3v) is 16.6. The quantitative estimate of drug-likeness (QED) is 0.456. The molecule has 2 heterocycles. The molecule has 6 heteroatoms. The van der Waals surface area contributed by atoms with Crippen LogP contribution in [-0.4, -0.2) is 71.2 Å². The van der Waals surface area contributed by atoms with Gasteiger partial charge in [-0.15, -0.1) is 0 Å². The van der Waals surface area contributed by atoms with Crippen LogP contribution in [0.1, 0.15) is 37.8 Å². The van der Waals surface area contributed by atoms with Gasteiger partial charge in [0.1, 0.15) is 0 Å². The van der Waals surface area contributed by atoms with Crippen LogP contribution in [0.4, 0.5) is 0 Å². The van der Waals surface area contributed by atoms with Crippen molar-refractivity contribution >= 4 is 53.1 Å². The fraction of sp³-hybridized carbons (Fsp3) is 0.364. The Kier molecular flexibility index (Phi) is 6.97.